The van der Waals surface area contributed by atoms with Gasteiger partial charge in [0.05, 0.1) is 19.3 Å². The molecule has 1 aromatic carbocycles. The Morgan fingerprint density at radius 1 is 1.24 bits per heavy atom. The molecule has 0 aliphatic carbocycles. The monoisotopic (exact) mass is 511 g/mol. The quantitative estimate of drug-likeness (QED) is 0.483. The van der Waals surface area contributed by atoms with Crippen LogP contribution in [0.3, 0.4) is 0 Å². The summed E-state index contributed by atoms with van der Waals surface area (Å²) in [5.41, 5.74) is 2.16. The maximum atomic E-state index is 13.8. The molecule has 9 nitrogen and oxygen atoms in total. The van der Waals surface area contributed by atoms with E-state index in [4.69, 9.17) is 4.74 Å². The number of carbonyl (C=O) groups excluding carboxylic acids is 3. The maximum absolute atomic E-state index is 13.8. The molecule has 0 bridgehead atoms. The Morgan fingerprint density at radius 3 is 2.49 bits per heavy atom. The van der Waals surface area contributed by atoms with Gasteiger partial charge >= 0.3 is 0 Å². The summed E-state index contributed by atoms with van der Waals surface area (Å²) in [4.78, 5) is 42.9. The highest BCUT2D eigenvalue weighted by Crippen LogP contribution is 2.30. The number of nitrogens with zero attached hydrogens (tertiary/aromatic N) is 2. The molecule has 2 fully saturated rings. The van der Waals surface area contributed by atoms with Crippen LogP contribution in [-0.4, -0.2) is 82.2 Å². The molecule has 2 saturated heterocycles. The molecule has 0 unspecified atom stereocenters. The Kier molecular flexibility index (Phi) is 7.87. The summed E-state index contributed by atoms with van der Waals surface area (Å²) < 4.78 is 5.10. The molecular formula is C28H37N3O6. The number of nitrogens with one attached hydrogen (secondary N) is 1. The van der Waals surface area contributed by atoms with Gasteiger partial charge in [-0.25, -0.2) is 0 Å². The third-order valence-corrected chi connectivity index (χ3v) is 7.50. The van der Waals surface area contributed by atoms with Crippen molar-refractivity contribution in [3.63, 3.8) is 0 Å². The van der Waals surface area contributed by atoms with E-state index < -0.39 is 23.8 Å². The second kappa shape index (κ2) is 10.8. The lowest BCUT2D eigenvalue weighted by molar-refractivity contribution is -0.184. The zero-order valence-corrected chi connectivity index (χ0v) is 21.9. The van der Waals surface area contributed by atoms with E-state index in [0.717, 1.165) is 16.7 Å². The summed E-state index contributed by atoms with van der Waals surface area (Å²) in [6.07, 6.45) is 3.09. The van der Waals surface area contributed by atoms with Crippen LogP contribution in [0.4, 0.5) is 0 Å². The number of β-amino-alcohol motifs (C(OH)–C–C–N with tert-alkyl or cyclic N) is 1. The van der Waals surface area contributed by atoms with Gasteiger partial charge in [-0.15, -0.1) is 0 Å². The minimum Gasteiger partial charge on any atom is -0.391 e. The summed E-state index contributed by atoms with van der Waals surface area (Å²) in [5.74, 6) is -1.03. The molecule has 3 N–H and O–H groups in total. The van der Waals surface area contributed by atoms with Crippen molar-refractivity contribution in [1.82, 2.24) is 15.1 Å². The van der Waals surface area contributed by atoms with Crippen molar-refractivity contribution in [2.75, 3.05) is 26.3 Å². The van der Waals surface area contributed by atoms with Gasteiger partial charge in [-0.2, -0.15) is 0 Å². The lowest BCUT2D eigenvalue weighted by Crippen LogP contribution is -2.56. The van der Waals surface area contributed by atoms with Gasteiger partial charge < -0.3 is 30.1 Å². The van der Waals surface area contributed by atoms with Crippen LogP contribution in [0.5, 0.6) is 0 Å². The van der Waals surface area contributed by atoms with Gasteiger partial charge in [-0.3, -0.25) is 14.4 Å². The second-order valence-electron chi connectivity index (χ2n) is 10.6. The van der Waals surface area contributed by atoms with E-state index in [-0.39, 0.29) is 56.4 Å². The third kappa shape index (κ3) is 5.35. The molecule has 3 atom stereocenters. The normalized spacial score (nSPS) is 24.2. The van der Waals surface area contributed by atoms with Crippen molar-refractivity contribution < 1.29 is 29.3 Å². The predicted molar refractivity (Wildman–Crippen MR) is 137 cm³/mol. The van der Waals surface area contributed by atoms with Gasteiger partial charge in [0.25, 0.3) is 5.91 Å². The summed E-state index contributed by atoms with van der Waals surface area (Å²) in [5, 5.41) is 23.6. The van der Waals surface area contributed by atoms with Crippen LogP contribution >= 0.6 is 0 Å². The first-order valence-corrected chi connectivity index (χ1v) is 12.8. The predicted octanol–water partition coefficient (Wildman–Crippen LogP) is 1.24. The van der Waals surface area contributed by atoms with Gasteiger partial charge in [0, 0.05) is 31.6 Å². The van der Waals surface area contributed by atoms with Gasteiger partial charge in [0.1, 0.15) is 17.7 Å². The average molecular weight is 512 g/mol. The molecule has 3 aliphatic rings. The van der Waals surface area contributed by atoms with Crippen LogP contribution in [0.25, 0.3) is 0 Å². The fourth-order valence-corrected chi connectivity index (χ4v) is 5.29. The zero-order chi connectivity index (χ0) is 26.9. The van der Waals surface area contributed by atoms with E-state index in [1.807, 2.05) is 57.2 Å². The van der Waals surface area contributed by atoms with Crippen molar-refractivity contribution in [3.8, 4) is 0 Å². The highest BCUT2D eigenvalue weighted by atomic mass is 16.5. The van der Waals surface area contributed by atoms with Crippen molar-refractivity contribution in [3.05, 3.63) is 58.7 Å². The third-order valence-electron chi connectivity index (χ3n) is 7.50. The molecule has 200 valence electrons. The highest BCUT2D eigenvalue weighted by molar-refractivity contribution is 6.01. The smallest absolute Gasteiger partial charge is 0.250 e. The molecule has 0 aromatic heterocycles. The molecule has 3 heterocycles. The van der Waals surface area contributed by atoms with Gasteiger partial charge in [0.2, 0.25) is 11.8 Å². The minimum atomic E-state index is -0.950. The standard InChI is InChI=1S/C28H37N3O6/c1-5-6-20-13-31(26(34)18(20)4)24(17(2)3)27(35)30-14-22(32)11-23(30)25(33)29-12-19-7-9-21(10-8-19)28(36)15-37-16-28/h5-10,17,22-24,32,36H,11-16H2,1-4H3,(H,29,33)/b6-5-/t22-,23+,24+/m1/s1. The highest BCUT2D eigenvalue weighted by Gasteiger charge is 2.45. The lowest BCUT2D eigenvalue weighted by Gasteiger charge is -2.36. The average Bonchev–Trinajstić information content (AvgIpc) is 3.37. The molecule has 4 rings (SSSR count). The summed E-state index contributed by atoms with van der Waals surface area (Å²) in [6.45, 7) is 8.59. The van der Waals surface area contributed by atoms with Crippen LogP contribution in [0.2, 0.25) is 0 Å². The van der Waals surface area contributed by atoms with Crippen molar-refractivity contribution in [2.24, 2.45) is 5.92 Å². The molecule has 9 heteroatoms. The second-order valence-corrected chi connectivity index (χ2v) is 10.6. The van der Waals surface area contributed by atoms with Crippen LogP contribution in [0.15, 0.2) is 47.6 Å². The maximum Gasteiger partial charge on any atom is 0.250 e. The fraction of sp³-hybridized carbons (Fsp3) is 0.536. The number of likely N-dealkylation sites (tertiary alicyclic amines) is 1. The Labute approximate surface area is 217 Å². The molecule has 3 amide bonds. The SMILES string of the molecule is C/C=C\C1=C(C)C(=O)N([C@H](C(=O)N2C[C@H](O)C[C@H]2C(=O)NCc2ccc(C3(O)COC3)cc2)C(C)C)C1. The number of aliphatic hydroxyl groups excluding tert-OH is 1. The first-order chi connectivity index (χ1) is 17.6. The Morgan fingerprint density at radius 2 is 1.92 bits per heavy atom. The number of hydrogen-bond donors (Lipinski definition) is 3. The molecule has 1 aromatic rings. The van der Waals surface area contributed by atoms with Crippen molar-refractivity contribution in [1.29, 1.82) is 0 Å². The van der Waals surface area contributed by atoms with Gasteiger partial charge in [0.15, 0.2) is 0 Å². The van der Waals surface area contributed by atoms with Gasteiger partial charge in [-0.05, 0) is 36.5 Å². The van der Waals surface area contributed by atoms with E-state index in [9.17, 15) is 24.6 Å². The Balaban J connectivity index is 1.44. The molecule has 0 saturated carbocycles. The van der Waals surface area contributed by atoms with Crippen molar-refractivity contribution in [2.45, 2.75) is 64.4 Å². The number of ether oxygens (including phenoxy) is 1. The topological polar surface area (TPSA) is 119 Å². The number of benzene rings is 1. The first kappa shape index (κ1) is 27.0. The molecule has 3 aliphatic heterocycles. The van der Waals surface area contributed by atoms with Crippen LogP contribution in [0.1, 0.15) is 45.2 Å². The first-order valence-electron chi connectivity index (χ1n) is 12.8. The van der Waals surface area contributed by atoms with E-state index >= 15 is 0 Å². The summed E-state index contributed by atoms with van der Waals surface area (Å²) in [7, 11) is 0. The Bertz CT molecular complexity index is 1110. The largest absolute Gasteiger partial charge is 0.391 e. The number of amides is 3. The van der Waals surface area contributed by atoms with Crippen LogP contribution < -0.4 is 5.32 Å². The number of rotatable bonds is 8. The van der Waals surface area contributed by atoms with E-state index in [0.29, 0.717) is 12.1 Å². The number of allylic oxidation sites excluding steroid dienone is 1. The van der Waals surface area contributed by atoms with Gasteiger partial charge in [-0.1, -0.05) is 50.3 Å². The lowest BCUT2D eigenvalue weighted by atomic mass is 9.91. The summed E-state index contributed by atoms with van der Waals surface area (Å²) in [6, 6.07) is 5.75. The molecular weight excluding hydrogens is 474 g/mol. The molecule has 0 spiro atoms. The minimum absolute atomic E-state index is 0.0473. The fourth-order valence-electron chi connectivity index (χ4n) is 5.29. The number of aliphatic hydroxyl groups is 2. The van der Waals surface area contributed by atoms with E-state index in [1.165, 1.54) is 4.90 Å². The zero-order valence-electron chi connectivity index (χ0n) is 21.9. The summed E-state index contributed by atoms with van der Waals surface area (Å²) >= 11 is 0. The number of carbonyl (C=O) groups is 3. The molecule has 0 radical (unpaired) electrons. The molecule has 37 heavy (non-hydrogen) atoms. The van der Waals surface area contributed by atoms with Crippen LogP contribution in [-0.2, 0) is 31.3 Å². The Hall–Kier alpha value is -3.01. The van der Waals surface area contributed by atoms with E-state index in [1.54, 1.807) is 11.8 Å². The van der Waals surface area contributed by atoms with Crippen molar-refractivity contribution >= 4 is 17.7 Å². The van der Waals surface area contributed by atoms with Crippen LogP contribution in [0, 0.1) is 5.92 Å². The number of hydrogen-bond acceptors (Lipinski definition) is 6. The van der Waals surface area contributed by atoms with E-state index in [2.05, 4.69) is 5.32 Å².